The predicted molar refractivity (Wildman–Crippen MR) is 104 cm³/mol. The highest BCUT2D eigenvalue weighted by atomic mass is 19.4. The number of nitrogens with zero attached hydrogens (tertiary/aromatic N) is 4. The van der Waals surface area contributed by atoms with Crippen LogP contribution in [0.4, 0.5) is 18.9 Å². The second kappa shape index (κ2) is 10.3. The van der Waals surface area contributed by atoms with Gasteiger partial charge < -0.3 is 19.9 Å². The van der Waals surface area contributed by atoms with Gasteiger partial charge in [-0.05, 0) is 30.7 Å². The van der Waals surface area contributed by atoms with Crippen LogP contribution in [0, 0.1) is 6.92 Å². The molecule has 31 heavy (non-hydrogen) atoms. The monoisotopic (exact) mass is 439 g/mol. The normalized spacial score (nSPS) is 10.6. The van der Waals surface area contributed by atoms with E-state index in [4.69, 9.17) is 19.4 Å². The second-order valence-electron chi connectivity index (χ2n) is 6.15. The first-order valence-corrected chi connectivity index (χ1v) is 8.76. The number of benzene rings is 1. The highest BCUT2D eigenvalue weighted by Gasteiger charge is 2.38. The zero-order chi connectivity index (χ0) is 23.0. The van der Waals surface area contributed by atoms with Gasteiger partial charge in [0.05, 0.1) is 37.4 Å². The third-order valence-electron chi connectivity index (χ3n) is 3.79. The van der Waals surface area contributed by atoms with Gasteiger partial charge in [-0.15, -0.1) is 5.10 Å². The van der Waals surface area contributed by atoms with Crippen LogP contribution in [0.2, 0.25) is 0 Å². The van der Waals surface area contributed by atoms with Crippen molar-refractivity contribution in [3.63, 3.8) is 0 Å². The Bertz CT molecular complexity index is 1010. The summed E-state index contributed by atoms with van der Waals surface area (Å²) in [6.45, 7) is 2.62. The molecule has 0 saturated carbocycles. The Hall–Kier alpha value is -3.83. The van der Waals surface area contributed by atoms with Crippen molar-refractivity contribution in [2.45, 2.75) is 19.6 Å². The van der Waals surface area contributed by atoms with Crippen molar-refractivity contribution in [1.29, 1.82) is 0 Å². The fraction of sp³-hybridized carbons (Fsp3) is 0.263. The topological polar surface area (TPSA) is 111 Å². The van der Waals surface area contributed by atoms with E-state index in [1.807, 2.05) is 44.3 Å². The predicted octanol–water partition coefficient (Wildman–Crippen LogP) is 3.56. The third-order valence-corrected chi connectivity index (χ3v) is 3.79. The highest BCUT2D eigenvalue weighted by molar-refractivity contribution is 5.73. The first-order valence-electron chi connectivity index (χ1n) is 8.76. The van der Waals surface area contributed by atoms with Crippen molar-refractivity contribution in [1.82, 2.24) is 20.0 Å². The maximum absolute atomic E-state index is 10.6. The number of alkyl halides is 3. The van der Waals surface area contributed by atoms with Crippen LogP contribution in [0.5, 0.6) is 17.4 Å². The van der Waals surface area contributed by atoms with Gasteiger partial charge in [-0.3, -0.25) is 4.68 Å². The molecule has 0 fully saturated rings. The van der Waals surface area contributed by atoms with Crippen molar-refractivity contribution < 1.29 is 32.5 Å². The molecule has 3 rings (SSSR count). The van der Waals surface area contributed by atoms with E-state index in [9.17, 15) is 13.2 Å². The summed E-state index contributed by atoms with van der Waals surface area (Å²) in [4.78, 5) is 13.2. The summed E-state index contributed by atoms with van der Waals surface area (Å²) in [5, 5.41) is 18.1. The first-order chi connectivity index (χ1) is 14.6. The number of hydrogen-bond donors (Lipinski definition) is 2. The molecule has 0 atom stereocenters. The molecular weight excluding hydrogens is 419 g/mol. The third kappa shape index (κ3) is 7.17. The minimum atomic E-state index is -5.08. The molecule has 0 radical (unpaired) electrons. The van der Waals surface area contributed by atoms with Gasteiger partial charge in [0.15, 0.2) is 11.5 Å². The van der Waals surface area contributed by atoms with Gasteiger partial charge in [-0.25, -0.2) is 9.78 Å². The Balaban J connectivity index is 0.000000423. The van der Waals surface area contributed by atoms with E-state index in [2.05, 4.69) is 20.6 Å². The number of carboxylic acids is 1. The van der Waals surface area contributed by atoms with Crippen LogP contribution in [0.15, 0.2) is 42.7 Å². The molecule has 166 valence electrons. The molecule has 0 aliphatic rings. The number of methoxy groups -OCH3 is 1. The van der Waals surface area contributed by atoms with Crippen LogP contribution in [0.25, 0.3) is 0 Å². The number of aryl methyl sites for hydroxylation is 2. The number of hydrogen-bond acceptors (Lipinski definition) is 7. The lowest BCUT2D eigenvalue weighted by atomic mass is 10.2. The lowest BCUT2D eigenvalue weighted by molar-refractivity contribution is -0.192. The summed E-state index contributed by atoms with van der Waals surface area (Å²) in [5.74, 6) is -0.933. The molecule has 0 unspecified atom stereocenters. The van der Waals surface area contributed by atoms with Gasteiger partial charge in [0.2, 0.25) is 5.88 Å². The van der Waals surface area contributed by atoms with Crippen LogP contribution >= 0.6 is 0 Å². The number of rotatable bonds is 6. The molecule has 3 aromatic rings. The first kappa shape index (κ1) is 23.4. The second-order valence-corrected chi connectivity index (χ2v) is 6.15. The average molecular weight is 439 g/mol. The van der Waals surface area contributed by atoms with Crippen LogP contribution in [-0.2, 0) is 18.4 Å². The van der Waals surface area contributed by atoms with Crippen LogP contribution in [0.3, 0.4) is 0 Å². The van der Waals surface area contributed by atoms with Gasteiger partial charge in [0.1, 0.15) is 0 Å². The average Bonchev–Trinajstić information content (AvgIpc) is 3.13. The highest BCUT2D eigenvalue weighted by Crippen LogP contribution is 2.31. The molecule has 0 bridgehead atoms. The molecule has 0 aliphatic heterocycles. The Morgan fingerprint density at radius 3 is 2.42 bits per heavy atom. The minimum Gasteiger partial charge on any atom is -0.493 e. The molecule has 0 aliphatic carbocycles. The van der Waals surface area contributed by atoms with E-state index in [0.717, 1.165) is 16.9 Å². The van der Waals surface area contributed by atoms with Crippen molar-refractivity contribution in [3.8, 4) is 17.4 Å². The molecule has 2 N–H and O–H groups in total. The maximum atomic E-state index is 10.6. The minimum absolute atomic E-state index is 0.505. The van der Waals surface area contributed by atoms with E-state index in [1.54, 1.807) is 24.2 Å². The largest absolute Gasteiger partial charge is 0.493 e. The summed E-state index contributed by atoms with van der Waals surface area (Å²) in [5.41, 5.74) is 2.98. The maximum Gasteiger partial charge on any atom is 0.490 e. The quantitative estimate of drug-likeness (QED) is 0.600. The molecule has 0 spiro atoms. The molecule has 1 aromatic carbocycles. The Labute approximate surface area is 175 Å². The zero-order valence-corrected chi connectivity index (χ0v) is 16.8. The van der Waals surface area contributed by atoms with Crippen LogP contribution in [0.1, 0.15) is 11.3 Å². The molecule has 12 heteroatoms. The Morgan fingerprint density at radius 1 is 1.19 bits per heavy atom. The van der Waals surface area contributed by atoms with E-state index < -0.39 is 12.1 Å². The smallest absolute Gasteiger partial charge is 0.490 e. The fourth-order valence-electron chi connectivity index (χ4n) is 2.18. The van der Waals surface area contributed by atoms with Gasteiger partial charge >= 0.3 is 12.1 Å². The molecule has 0 amide bonds. The number of anilines is 1. The van der Waals surface area contributed by atoms with Crippen molar-refractivity contribution in [3.05, 3.63) is 54.0 Å². The molecular formula is C19H20F3N5O4. The lowest BCUT2D eigenvalue weighted by Gasteiger charge is -2.11. The van der Waals surface area contributed by atoms with E-state index in [1.165, 1.54) is 0 Å². The zero-order valence-electron chi connectivity index (χ0n) is 16.8. The molecule has 2 heterocycles. The summed E-state index contributed by atoms with van der Waals surface area (Å²) >= 11 is 0. The summed E-state index contributed by atoms with van der Waals surface area (Å²) in [6.07, 6.45) is -1.64. The van der Waals surface area contributed by atoms with Crippen molar-refractivity contribution in [2.75, 3.05) is 12.4 Å². The lowest BCUT2D eigenvalue weighted by Crippen LogP contribution is -2.21. The van der Waals surface area contributed by atoms with E-state index in [0.29, 0.717) is 23.9 Å². The fourth-order valence-corrected chi connectivity index (χ4v) is 2.18. The number of nitrogens with one attached hydrogen (secondary N) is 1. The van der Waals surface area contributed by atoms with Crippen LogP contribution in [-0.4, -0.2) is 44.3 Å². The van der Waals surface area contributed by atoms with E-state index in [-0.39, 0.29) is 0 Å². The van der Waals surface area contributed by atoms with Crippen LogP contribution < -0.4 is 14.8 Å². The number of aliphatic carboxylic acids is 1. The van der Waals surface area contributed by atoms with Gasteiger partial charge in [-0.2, -0.15) is 13.2 Å². The summed E-state index contributed by atoms with van der Waals surface area (Å²) < 4.78 is 44.6. The van der Waals surface area contributed by atoms with Gasteiger partial charge in [0.25, 0.3) is 0 Å². The number of aromatic nitrogens is 4. The number of halogens is 3. The molecule has 2 aromatic heterocycles. The number of carboxylic acid groups (broad SMARTS) is 1. The molecule has 9 nitrogen and oxygen atoms in total. The Kier molecular flexibility index (Phi) is 7.77. The number of carbonyl (C=O) groups is 1. The van der Waals surface area contributed by atoms with Gasteiger partial charge in [-0.1, -0.05) is 11.3 Å². The standard InChI is InChI=1S/C17H19N5O2.C2HF3O2/c1-12-4-6-15(16(8-12)23-3)24-17-7-5-13(9-19-17)18-10-14-11-20-21-22(14)2;3-2(4,5)1(6)7/h4-9,11,18H,10H2,1-3H3;(H,6,7). The number of ether oxygens (including phenoxy) is 2. The Morgan fingerprint density at radius 2 is 1.90 bits per heavy atom. The van der Waals surface area contributed by atoms with Crippen molar-refractivity contribution in [2.24, 2.45) is 7.05 Å². The summed E-state index contributed by atoms with van der Waals surface area (Å²) in [7, 11) is 3.48. The SMILES string of the molecule is COc1cc(C)ccc1Oc1ccc(NCc2cnnn2C)cn1.O=C(O)C(F)(F)F. The summed E-state index contributed by atoms with van der Waals surface area (Å²) in [6, 6.07) is 9.48. The van der Waals surface area contributed by atoms with E-state index >= 15 is 0 Å². The van der Waals surface area contributed by atoms with Crippen molar-refractivity contribution >= 4 is 11.7 Å². The molecule has 0 saturated heterocycles. The van der Waals surface area contributed by atoms with Gasteiger partial charge in [0, 0.05) is 13.1 Å². The number of pyridine rings is 1.